The summed E-state index contributed by atoms with van der Waals surface area (Å²) >= 11 is 0. The van der Waals surface area contributed by atoms with Crippen molar-refractivity contribution in [2.45, 2.75) is 46.1 Å². The first-order valence-electron chi connectivity index (χ1n) is 13.4. The number of unbranched alkanes of at least 4 members (excludes halogenated alkanes) is 1. The summed E-state index contributed by atoms with van der Waals surface area (Å²) in [7, 11) is 0. The lowest BCUT2D eigenvalue weighted by Crippen LogP contribution is -2.31. The number of hydrogen-bond acceptors (Lipinski definition) is 5. The van der Waals surface area contributed by atoms with Crippen LogP contribution in [-0.4, -0.2) is 38.2 Å². The highest BCUT2D eigenvalue weighted by molar-refractivity contribution is 6.08. The number of amides is 2. The van der Waals surface area contributed by atoms with E-state index < -0.39 is 5.97 Å². The van der Waals surface area contributed by atoms with Gasteiger partial charge in [-0.1, -0.05) is 50.6 Å². The predicted molar refractivity (Wildman–Crippen MR) is 154 cm³/mol. The van der Waals surface area contributed by atoms with Crippen LogP contribution < -0.4 is 10.7 Å². The largest absolute Gasteiger partial charge is 0.478 e. The molecule has 0 aliphatic carbocycles. The fourth-order valence-electron chi connectivity index (χ4n) is 4.96. The van der Waals surface area contributed by atoms with E-state index in [4.69, 9.17) is 4.98 Å². The number of rotatable bonds is 9. The molecule has 0 saturated heterocycles. The number of hydrazone groups is 1. The van der Waals surface area contributed by atoms with Gasteiger partial charge >= 0.3 is 5.97 Å². The van der Waals surface area contributed by atoms with Crippen molar-refractivity contribution in [3.8, 4) is 0 Å². The van der Waals surface area contributed by atoms with Crippen LogP contribution in [-0.2, 0) is 17.8 Å². The molecule has 9 heteroatoms. The molecule has 40 heavy (non-hydrogen) atoms. The van der Waals surface area contributed by atoms with Crippen molar-refractivity contribution in [1.82, 2.24) is 15.0 Å². The molecule has 0 bridgehead atoms. The highest BCUT2D eigenvalue weighted by Crippen LogP contribution is 2.24. The van der Waals surface area contributed by atoms with Crippen LogP contribution in [0.3, 0.4) is 0 Å². The predicted octanol–water partition coefficient (Wildman–Crippen LogP) is 5.24. The maximum atomic E-state index is 12.8. The van der Waals surface area contributed by atoms with Crippen molar-refractivity contribution in [1.29, 1.82) is 0 Å². The Hall–Kier alpha value is -4.79. The fourth-order valence-corrected chi connectivity index (χ4v) is 4.96. The number of aromatic carboxylic acids is 1. The molecular formula is C31H31N5O4. The first-order chi connectivity index (χ1) is 19.3. The van der Waals surface area contributed by atoms with E-state index in [0.29, 0.717) is 18.5 Å². The van der Waals surface area contributed by atoms with Crippen LogP contribution in [0.25, 0.3) is 11.0 Å². The summed E-state index contributed by atoms with van der Waals surface area (Å²) in [5.74, 6) is -0.524. The lowest BCUT2D eigenvalue weighted by Gasteiger charge is -2.19. The minimum atomic E-state index is -1.10. The van der Waals surface area contributed by atoms with Crippen LogP contribution in [0.5, 0.6) is 0 Å². The zero-order chi connectivity index (χ0) is 28.2. The minimum Gasteiger partial charge on any atom is -0.478 e. The van der Waals surface area contributed by atoms with Crippen LogP contribution >= 0.6 is 0 Å². The van der Waals surface area contributed by atoms with Gasteiger partial charge in [-0.05, 0) is 48.4 Å². The monoisotopic (exact) mass is 537 g/mol. The molecule has 1 aliphatic heterocycles. The normalized spacial score (nSPS) is 15.0. The van der Waals surface area contributed by atoms with E-state index in [9.17, 15) is 19.5 Å². The third-order valence-corrected chi connectivity index (χ3v) is 7.10. The number of carboxylic acid groups (broad SMARTS) is 1. The SMILES string of the molecule is CCCCc1nc2cc(C3=NNC(=O)CC3C)ccc2n1Cc1ccc(C(=O)Nc2ccccc2C(=O)O)cc1. The van der Waals surface area contributed by atoms with Gasteiger partial charge in [-0.25, -0.2) is 15.2 Å². The Bertz CT molecular complexity index is 1620. The highest BCUT2D eigenvalue weighted by Gasteiger charge is 2.23. The molecule has 1 atom stereocenters. The number of nitrogens with zero attached hydrogens (tertiary/aromatic N) is 3. The van der Waals surface area contributed by atoms with E-state index >= 15 is 0 Å². The molecule has 3 aromatic carbocycles. The second-order valence-corrected chi connectivity index (χ2v) is 10.1. The Balaban J connectivity index is 1.39. The minimum absolute atomic E-state index is 0.0289. The number of carbonyl (C=O) groups is 3. The topological polar surface area (TPSA) is 126 Å². The molecule has 0 radical (unpaired) electrons. The van der Waals surface area contributed by atoms with Gasteiger partial charge in [0.2, 0.25) is 5.91 Å². The van der Waals surface area contributed by atoms with E-state index in [2.05, 4.69) is 33.4 Å². The molecule has 9 nitrogen and oxygen atoms in total. The molecule has 204 valence electrons. The van der Waals surface area contributed by atoms with Gasteiger partial charge in [0.1, 0.15) is 5.82 Å². The van der Waals surface area contributed by atoms with Crippen molar-refractivity contribution in [3.63, 3.8) is 0 Å². The zero-order valence-corrected chi connectivity index (χ0v) is 22.5. The molecule has 0 saturated carbocycles. The standard InChI is InChI=1S/C31H31N5O4/c1-3-4-9-27-32-25-17-22(29-19(2)16-28(37)34-35-29)14-15-26(25)36(27)18-20-10-12-21(13-11-20)30(38)33-24-8-6-5-7-23(24)31(39)40/h5-8,10-15,17,19H,3-4,9,16,18H2,1-2H3,(H,33,38)(H,34,37)(H,39,40). The average Bonchev–Trinajstić information content (AvgIpc) is 3.28. The summed E-state index contributed by atoms with van der Waals surface area (Å²) in [6.07, 6.45) is 3.32. The number of imidazole rings is 1. The maximum absolute atomic E-state index is 12.8. The molecular weight excluding hydrogens is 506 g/mol. The van der Waals surface area contributed by atoms with E-state index in [1.807, 2.05) is 31.2 Å². The Morgan fingerprint density at radius 3 is 2.60 bits per heavy atom. The van der Waals surface area contributed by atoms with Crippen molar-refractivity contribution in [3.05, 3.63) is 94.8 Å². The Morgan fingerprint density at radius 2 is 1.88 bits per heavy atom. The Labute approximate surface area is 231 Å². The van der Waals surface area contributed by atoms with E-state index in [1.165, 1.54) is 6.07 Å². The van der Waals surface area contributed by atoms with Crippen molar-refractivity contribution in [2.75, 3.05) is 5.32 Å². The van der Waals surface area contributed by atoms with E-state index in [1.54, 1.807) is 30.3 Å². The molecule has 2 heterocycles. The number of benzene rings is 3. The number of carboxylic acids is 1. The van der Waals surface area contributed by atoms with Crippen LogP contribution in [0.2, 0.25) is 0 Å². The summed E-state index contributed by atoms with van der Waals surface area (Å²) in [6.45, 7) is 4.74. The van der Waals surface area contributed by atoms with E-state index in [-0.39, 0.29) is 29.0 Å². The molecule has 1 unspecified atom stereocenters. The summed E-state index contributed by atoms with van der Waals surface area (Å²) in [4.78, 5) is 40.9. The fraction of sp³-hybridized carbons (Fsp3) is 0.258. The lowest BCUT2D eigenvalue weighted by molar-refractivity contribution is -0.121. The molecule has 3 N–H and O–H groups in total. The third-order valence-electron chi connectivity index (χ3n) is 7.10. The molecule has 0 fully saturated rings. The second kappa shape index (κ2) is 11.5. The van der Waals surface area contributed by atoms with Crippen molar-refractivity contribution >= 4 is 40.2 Å². The third kappa shape index (κ3) is 5.63. The van der Waals surface area contributed by atoms with Gasteiger partial charge in [0.25, 0.3) is 5.91 Å². The summed E-state index contributed by atoms with van der Waals surface area (Å²) < 4.78 is 2.21. The summed E-state index contributed by atoms with van der Waals surface area (Å²) in [5.41, 5.74) is 8.02. The van der Waals surface area contributed by atoms with Gasteiger partial charge in [-0.15, -0.1) is 0 Å². The highest BCUT2D eigenvalue weighted by atomic mass is 16.4. The Morgan fingerprint density at radius 1 is 1.10 bits per heavy atom. The molecule has 1 aromatic heterocycles. The van der Waals surface area contributed by atoms with Gasteiger partial charge in [0.05, 0.1) is 28.0 Å². The number of hydrogen-bond donors (Lipinski definition) is 3. The zero-order valence-electron chi connectivity index (χ0n) is 22.5. The molecule has 5 rings (SSSR count). The van der Waals surface area contributed by atoms with Gasteiger partial charge in [0, 0.05) is 36.4 Å². The number of aromatic nitrogens is 2. The lowest BCUT2D eigenvalue weighted by atomic mass is 9.94. The quantitative estimate of drug-likeness (QED) is 0.269. The Kier molecular flexibility index (Phi) is 7.72. The summed E-state index contributed by atoms with van der Waals surface area (Å²) in [5, 5.41) is 16.4. The number of fused-ring (bicyclic) bond motifs is 1. The second-order valence-electron chi connectivity index (χ2n) is 10.1. The number of para-hydroxylation sites is 1. The van der Waals surface area contributed by atoms with Crippen LogP contribution in [0.4, 0.5) is 5.69 Å². The van der Waals surface area contributed by atoms with Crippen molar-refractivity contribution < 1.29 is 19.5 Å². The van der Waals surface area contributed by atoms with Crippen molar-refractivity contribution in [2.24, 2.45) is 11.0 Å². The number of aryl methyl sites for hydroxylation is 1. The number of anilines is 1. The summed E-state index contributed by atoms with van der Waals surface area (Å²) in [6, 6.07) is 19.7. The van der Waals surface area contributed by atoms with Gasteiger partial charge in [-0.3, -0.25) is 9.59 Å². The van der Waals surface area contributed by atoms with E-state index in [0.717, 1.165) is 53.0 Å². The van der Waals surface area contributed by atoms with Gasteiger partial charge in [-0.2, -0.15) is 5.10 Å². The maximum Gasteiger partial charge on any atom is 0.337 e. The molecule has 0 spiro atoms. The first kappa shape index (κ1) is 26.8. The van der Waals surface area contributed by atoms with Crippen LogP contribution in [0.15, 0.2) is 71.8 Å². The number of carbonyl (C=O) groups excluding carboxylic acids is 2. The first-order valence-corrected chi connectivity index (χ1v) is 13.4. The smallest absolute Gasteiger partial charge is 0.337 e. The molecule has 1 aliphatic rings. The van der Waals surface area contributed by atoms with Crippen LogP contribution in [0, 0.1) is 5.92 Å². The van der Waals surface area contributed by atoms with Crippen LogP contribution in [0.1, 0.15) is 70.8 Å². The van der Waals surface area contributed by atoms with Gasteiger partial charge < -0.3 is 15.0 Å². The molecule has 2 amide bonds. The molecule has 4 aromatic rings. The number of nitrogens with one attached hydrogen (secondary N) is 2. The van der Waals surface area contributed by atoms with Gasteiger partial charge in [0.15, 0.2) is 0 Å². The average molecular weight is 538 g/mol.